The van der Waals surface area contributed by atoms with Crippen LogP contribution in [-0.4, -0.2) is 82.0 Å². The van der Waals surface area contributed by atoms with E-state index in [1.165, 1.54) is 0 Å². The Kier molecular flexibility index (Phi) is 11.4. The predicted octanol–water partition coefficient (Wildman–Crippen LogP) is 4.36. The van der Waals surface area contributed by atoms with Gasteiger partial charge in [-0.25, -0.2) is 0 Å². The van der Waals surface area contributed by atoms with Gasteiger partial charge in [0.25, 0.3) is 5.91 Å². The largest absolute Gasteiger partial charge is 0.493 e. The van der Waals surface area contributed by atoms with Crippen LogP contribution in [0, 0.1) is 5.92 Å². The first kappa shape index (κ1) is 30.9. The van der Waals surface area contributed by atoms with Crippen LogP contribution in [-0.2, 0) is 4.79 Å². The van der Waals surface area contributed by atoms with Crippen molar-refractivity contribution in [3.8, 4) is 17.2 Å². The second-order valence-corrected chi connectivity index (χ2v) is 10.6. The van der Waals surface area contributed by atoms with Crippen LogP contribution < -0.4 is 19.5 Å². The summed E-state index contributed by atoms with van der Waals surface area (Å²) in [5, 5.41) is 2.95. The van der Waals surface area contributed by atoms with E-state index in [0.717, 1.165) is 31.5 Å². The second-order valence-electron chi connectivity index (χ2n) is 10.6. The SMILES string of the molecule is COc1ccc([C@@H](CCCNC(=O)C(C)C)N(C)C(=O)c2c(C=O)cccc2OC2CCN(C)CC2)cc1OC. The fourth-order valence-corrected chi connectivity index (χ4v) is 4.93. The van der Waals surface area contributed by atoms with Gasteiger partial charge in [-0.15, -0.1) is 0 Å². The molecule has 218 valence electrons. The van der Waals surface area contributed by atoms with E-state index in [4.69, 9.17) is 14.2 Å². The van der Waals surface area contributed by atoms with Gasteiger partial charge < -0.3 is 29.3 Å². The van der Waals surface area contributed by atoms with Crippen LogP contribution in [0.1, 0.15) is 71.9 Å². The molecule has 0 radical (unpaired) electrons. The summed E-state index contributed by atoms with van der Waals surface area (Å²) in [5.74, 6) is 1.14. The first-order valence-electron chi connectivity index (χ1n) is 13.9. The summed E-state index contributed by atoms with van der Waals surface area (Å²) >= 11 is 0. The minimum Gasteiger partial charge on any atom is -0.493 e. The van der Waals surface area contributed by atoms with Crippen LogP contribution in [0.5, 0.6) is 17.2 Å². The minimum atomic E-state index is -0.362. The highest BCUT2D eigenvalue weighted by Gasteiger charge is 2.29. The van der Waals surface area contributed by atoms with Gasteiger partial charge in [0.2, 0.25) is 5.91 Å². The Bertz CT molecular complexity index is 1160. The monoisotopic (exact) mass is 553 g/mol. The number of amides is 2. The van der Waals surface area contributed by atoms with E-state index in [2.05, 4.69) is 17.3 Å². The zero-order chi connectivity index (χ0) is 29.2. The van der Waals surface area contributed by atoms with Crippen molar-refractivity contribution < 1.29 is 28.6 Å². The Balaban J connectivity index is 1.92. The number of hydrogen-bond acceptors (Lipinski definition) is 7. The van der Waals surface area contributed by atoms with Crippen molar-refractivity contribution in [3.05, 3.63) is 53.1 Å². The molecule has 2 amide bonds. The van der Waals surface area contributed by atoms with Crippen molar-refractivity contribution in [2.75, 3.05) is 47.9 Å². The lowest BCUT2D eigenvalue weighted by molar-refractivity contribution is -0.124. The van der Waals surface area contributed by atoms with Crippen molar-refractivity contribution in [3.63, 3.8) is 0 Å². The molecule has 1 aliphatic heterocycles. The van der Waals surface area contributed by atoms with Gasteiger partial charge in [0.05, 0.1) is 25.8 Å². The summed E-state index contributed by atoms with van der Waals surface area (Å²) in [5.41, 5.74) is 1.40. The molecule has 0 spiro atoms. The quantitative estimate of drug-likeness (QED) is 0.291. The summed E-state index contributed by atoms with van der Waals surface area (Å²) in [6.07, 6.45) is 3.59. The molecule has 0 saturated carbocycles. The van der Waals surface area contributed by atoms with Gasteiger partial charge in [-0.2, -0.15) is 0 Å². The Labute approximate surface area is 237 Å². The zero-order valence-corrected chi connectivity index (χ0v) is 24.6. The lowest BCUT2D eigenvalue weighted by Crippen LogP contribution is -2.37. The third-order valence-electron chi connectivity index (χ3n) is 7.42. The summed E-state index contributed by atoms with van der Waals surface area (Å²) in [6, 6.07) is 10.4. The van der Waals surface area contributed by atoms with Crippen molar-refractivity contribution in [1.29, 1.82) is 0 Å². The second kappa shape index (κ2) is 14.7. The molecule has 1 atom stereocenters. The van der Waals surface area contributed by atoms with Gasteiger partial charge in [0, 0.05) is 38.2 Å². The molecule has 3 rings (SSSR count). The molecule has 2 aromatic rings. The number of nitrogens with one attached hydrogen (secondary N) is 1. The molecule has 9 heteroatoms. The van der Waals surface area contributed by atoms with E-state index in [1.54, 1.807) is 44.4 Å². The Morgan fingerprint density at radius 2 is 1.77 bits per heavy atom. The number of likely N-dealkylation sites (tertiary alicyclic amines) is 1. The third kappa shape index (κ3) is 7.75. The average Bonchev–Trinajstić information content (AvgIpc) is 2.96. The smallest absolute Gasteiger partial charge is 0.258 e. The molecule has 1 heterocycles. The van der Waals surface area contributed by atoms with E-state index in [0.29, 0.717) is 42.9 Å². The van der Waals surface area contributed by atoms with Gasteiger partial charge in [-0.05, 0) is 56.5 Å². The molecule has 1 saturated heterocycles. The van der Waals surface area contributed by atoms with E-state index >= 15 is 0 Å². The maximum Gasteiger partial charge on any atom is 0.258 e. The van der Waals surface area contributed by atoms with E-state index in [-0.39, 0.29) is 41.0 Å². The molecule has 2 aromatic carbocycles. The predicted molar refractivity (Wildman–Crippen MR) is 154 cm³/mol. The van der Waals surface area contributed by atoms with Crippen molar-refractivity contribution >= 4 is 18.1 Å². The van der Waals surface area contributed by atoms with Gasteiger partial charge in [0.15, 0.2) is 17.8 Å². The maximum atomic E-state index is 14.1. The van der Waals surface area contributed by atoms with Crippen LogP contribution in [0.4, 0.5) is 0 Å². The highest BCUT2D eigenvalue weighted by Crippen LogP contribution is 2.35. The summed E-state index contributed by atoms with van der Waals surface area (Å²) < 4.78 is 17.3. The minimum absolute atomic E-state index is 0.0114. The topological polar surface area (TPSA) is 97.4 Å². The molecular formula is C31H43N3O6. The van der Waals surface area contributed by atoms with Crippen LogP contribution in [0.25, 0.3) is 0 Å². The fourth-order valence-electron chi connectivity index (χ4n) is 4.93. The molecule has 9 nitrogen and oxygen atoms in total. The number of ether oxygens (including phenoxy) is 3. The maximum absolute atomic E-state index is 14.1. The van der Waals surface area contributed by atoms with Gasteiger partial charge in [-0.1, -0.05) is 32.0 Å². The number of rotatable bonds is 13. The number of hydrogen-bond donors (Lipinski definition) is 1. The van der Waals surface area contributed by atoms with Crippen LogP contribution in [0.2, 0.25) is 0 Å². The third-order valence-corrected chi connectivity index (χ3v) is 7.42. The number of carbonyl (C=O) groups excluding carboxylic acids is 3. The lowest BCUT2D eigenvalue weighted by Gasteiger charge is -2.32. The van der Waals surface area contributed by atoms with E-state index in [1.807, 2.05) is 32.0 Å². The molecular weight excluding hydrogens is 510 g/mol. The van der Waals surface area contributed by atoms with E-state index in [9.17, 15) is 14.4 Å². The van der Waals surface area contributed by atoms with Gasteiger partial charge in [-0.3, -0.25) is 14.4 Å². The zero-order valence-electron chi connectivity index (χ0n) is 24.6. The van der Waals surface area contributed by atoms with Crippen molar-refractivity contribution in [2.45, 2.75) is 51.7 Å². The molecule has 0 bridgehead atoms. The Hall–Kier alpha value is -3.59. The molecule has 1 N–H and O–H groups in total. The number of aldehydes is 1. The van der Waals surface area contributed by atoms with Gasteiger partial charge >= 0.3 is 0 Å². The molecule has 1 fully saturated rings. The van der Waals surface area contributed by atoms with Crippen LogP contribution in [0.15, 0.2) is 36.4 Å². The van der Waals surface area contributed by atoms with Gasteiger partial charge in [0.1, 0.15) is 11.9 Å². The highest BCUT2D eigenvalue weighted by atomic mass is 16.5. The standard InChI is InChI=1S/C31H43N3O6/c1-21(2)30(36)32-16-8-10-25(22-12-13-26(38-5)28(19-22)39-6)34(4)31(37)29-23(20-35)9-7-11-27(29)40-24-14-17-33(3)18-15-24/h7,9,11-13,19-21,24-25H,8,10,14-18H2,1-6H3,(H,32,36)/t25-/m1/s1. The van der Waals surface area contributed by atoms with Crippen molar-refractivity contribution in [1.82, 2.24) is 15.1 Å². The summed E-state index contributed by atoms with van der Waals surface area (Å²) in [6.45, 7) is 6.01. The van der Waals surface area contributed by atoms with Crippen molar-refractivity contribution in [2.24, 2.45) is 5.92 Å². The number of carbonyl (C=O) groups is 3. The molecule has 0 aromatic heterocycles. The van der Waals surface area contributed by atoms with Crippen LogP contribution in [0.3, 0.4) is 0 Å². The average molecular weight is 554 g/mol. The Morgan fingerprint density at radius 1 is 1.07 bits per heavy atom. The lowest BCUT2D eigenvalue weighted by atomic mass is 9.97. The Morgan fingerprint density at radius 3 is 2.40 bits per heavy atom. The first-order chi connectivity index (χ1) is 19.2. The molecule has 40 heavy (non-hydrogen) atoms. The number of piperidine rings is 1. The summed E-state index contributed by atoms with van der Waals surface area (Å²) in [4.78, 5) is 42.1. The normalized spacial score (nSPS) is 14.9. The number of benzene rings is 2. The van der Waals surface area contributed by atoms with E-state index < -0.39 is 0 Å². The summed E-state index contributed by atoms with van der Waals surface area (Å²) in [7, 11) is 6.96. The molecule has 1 aliphatic rings. The molecule has 0 unspecified atom stereocenters. The number of methoxy groups -OCH3 is 2. The highest BCUT2D eigenvalue weighted by molar-refractivity contribution is 6.04. The first-order valence-corrected chi connectivity index (χ1v) is 13.9. The number of nitrogens with zero attached hydrogens (tertiary/aromatic N) is 2. The fraction of sp³-hybridized carbons (Fsp3) is 0.516. The molecule has 0 aliphatic carbocycles. The van der Waals surface area contributed by atoms with Crippen LogP contribution >= 0.6 is 0 Å².